The number of fused-ring (bicyclic) bond motifs is 5. The summed E-state index contributed by atoms with van der Waals surface area (Å²) in [5, 5.41) is 4.81. The fourth-order valence-corrected chi connectivity index (χ4v) is 3.98. The molecule has 0 N–H and O–H groups in total. The first-order valence-corrected chi connectivity index (χ1v) is 9.70. The molecular formula is C19H19BrClN7. The molecule has 0 aliphatic carbocycles. The number of imidazole rings is 2. The molecule has 7 nitrogen and oxygen atoms in total. The maximum absolute atomic E-state index is 4.88. The van der Waals surface area contributed by atoms with Crippen LogP contribution in [0.2, 0.25) is 0 Å². The summed E-state index contributed by atoms with van der Waals surface area (Å²) in [5.74, 6) is 2.70. The van der Waals surface area contributed by atoms with Crippen LogP contribution >= 0.6 is 28.3 Å². The predicted octanol–water partition coefficient (Wildman–Crippen LogP) is 3.79. The third-order valence-electron chi connectivity index (χ3n) is 4.98. The van der Waals surface area contributed by atoms with Gasteiger partial charge in [-0.05, 0) is 25.1 Å². The molecule has 0 amide bonds. The molecule has 4 heterocycles. The van der Waals surface area contributed by atoms with E-state index < -0.39 is 0 Å². The van der Waals surface area contributed by atoms with Crippen LogP contribution in [0.15, 0.2) is 41.4 Å². The van der Waals surface area contributed by atoms with Crippen molar-refractivity contribution in [2.45, 2.75) is 33.4 Å². The van der Waals surface area contributed by atoms with E-state index in [1.165, 1.54) is 0 Å². The van der Waals surface area contributed by atoms with E-state index in [0.29, 0.717) is 13.1 Å². The predicted molar refractivity (Wildman–Crippen MR) is 112 cm³/mol. The smallest absolute Gasteiger partial charge is 0.171 e. The molecule has 0 radical (unpaired) electrons. The molecular weight excluding hydrogens is 442 g/mol. The van der Waals surface area contributed by atoms with Crippen molar-refractivity contribution in [3.8, 4) is 17.1 Å². The average molecular weight is 461 g/mol. The molecule has 9 heteroatoms. The van der Waals surface area contributed by atoms with Gasteiger partial charge in [0, 0.05) is 28.9 Å². The summed E-state index contributed by atoms with van der Waals surface area (Å²) < 4.78 is 7.24. The zero-order chi connectivity index (χ0) is 18.5. The highest BCUT2D eigenvalue weighted by atomic mass is 79.9. The van der Waals surface area contributed by atoms with E-state index in [9.17, 15) is 0 Å². The van der Waals surface area contributed by atoms with E-state index >= 15 is 0 Å². The monoisotopic (exact) mass is 459 g/mol. The lowest BCUT2D eigenvalue weighted by Crippen LogP contribution is -2.08. The molecule has 0 atom stereocenters. The quantitative estimate of drug-likeness (QED) is 0.411. The summed E-state index contributed by atoms with van der Waals surface area (Å²) >= 11 is 3.59. The topological polar surface area (TPSA) is 66.3 Å². The molecule has 1 aliphatic heterocycles. The maximum atomic E-state index is 4.88. The van der Waals surface area contributed by atoms with Crippen LogP contribution in [0.25, 0.3) is 17.1 Å². The van der Waals surface area contributed by atoms with Crippen molar-refractivity contribution in [2.24, 2.45) is 0 Å². The van der Waals surface area contributed by atoms with Crippen LogP contribution in [0.5, 0.6) is 0 Å². The minimum atomic E-state index is 0. The summed E-state index contributed by atoms with van der Waals surface area (Å²) in [7, 11) is 0. The zero-order valence-corrected chi connectivity index (χ0v) is 17.9. The first-order valence-electron chi connectivity index (χ1n) is 8.91. The minimum absolute atomic E-state index is 0. The van der Waals surface area contributed by atoms with Gasteiger partial charge in [-0.2, -0.15) is 5.10 Å². The highest BCUT2D eigenvalue weighted by molar-refractivity contribution is 9.10. The minimum Gasteiger partial charge on any atom is -0.327 e. The van der Waals surface area contributed by atoms with Crippen LogP contribution in [0, 0.1) is 6.92 Å². The lowest BCUT2D eigenvalue weighted by molar-refractivity contribution is 0.638. The number of nitrogens with zero attached hydrogens (tertiary/aromatic N) is 7. The number of aromatic nitrogens is 7. The second-order valence-electron chi connectivity index (χ2n) is 6.64. The van der Waals surface area contributed by atoms with E-state index in [2.05, 4.69) is 54.1 Å². The van der Waals surface area contributed by atoms with Gasteiger partial charge in [-0.3, -0.25) is 0 Å². The Kier molecular flexibility index (Phi) is 4.84. The van der Waals surface area contributed by atoms with Crippen molar-refractivity contribution in [2.75, 3.05) is 0 Å². The molecule has 0 bridgehead atoms. The van der Waals surface area contributed by atoms with E-state index in [-0.39, 0.29) is 12.4 Å². The van der Waals surface area contributed by atoms with Gasteiger partial charge in [-0.15, -0.1) is 12.4 Å². The largest absolute Gasteiger partial charge is 0.327 e. The summed E-state index contributed by atoms with van der Waals surface area (Å²) in [5.41, 5.74) is 4.26. The number of hydrogen-bond acceptors (Lipinski definition) is 4. The Balaban J connectivity index is 0.00000192. The number of hydrogen-bond donors (Lipinski definition) is 0. The van der Waals surface area contributed by atoms with Gasteiger partial charge in [0.05, 0.1) is 36.5 Å². The van der Waals surface area contributed by atoms with Crippen LogP contribution in [0.1, 0.15) is 30.0 Å². The Labute approximate surface area is 177 Å². The molecule has 0 saturated carbocycles. The normalized spacial score (nSPS) is 12.0. The lowest BCUT2D eigenvalue weighted by Gasteiger charge is -2.09. The number of aryl methyl sites for hydroxylation is 2. The number of halogens is 2. The van der Waals surface area contributed by atoms with Gasteiger partial charge in [0.1, 0.15) is 5.82 Å². The first-order chi connectivity index (χ1) is 13.1. The molecule has 1 aromatic carbocycles. The van der Waals surface area contributed by atoms with Crippen molar-refractivity contribution in [3.05, 3.63) is 64.4 Å². The fraction of sp³-hybridized carbons (Fsp3) is 0.263. The Morgan fingerprint density at radius 2 is 2.07 bits per heavy atom. The fourth-order valence-electron chi connectivity index (χ4n) is 3.62. The second-order valence-corrected chi connectivity index (χ2v) is 7.56. The summed E-state index contributed by atoms with van der Waals surface area (Å²) in [6, 6.07) is 6.24. The summed E-state index contributed by atoms with van der Waals surface area (Å²) in [6.45, 7) is 5.40. The molecule has 4 aromatic rings. The third kappa shape index (κ3) is 2.97. The Morgan fingerprint density at radius 3 is 2.89 bits per heavy atom. The lowest BCUT2D eigenvalue weighted by atomic mass is 10.1. The van der Waals surface area contributed by atoms with Crippen molar-refractivity contribution >= 4 is 28.3 Å². The van der Waals surface area contributed by atoms with Gasteiger partial charge >= 0.3 is 0 Å². The van der Waals surface area contributed by atoms with E-state index in [1.807, 2.05) is 36.4 Å². The number of benzene rings is 1. The molecule has 0 unspecified atom stereocenters. The van der Waals surface area contributed by atoms with Gasteiger partial charge in [-0.1, -0.05) is 22.9 Å². The Morgan fingerprint density at radius 1 is 1.21 bits per heavy atom. The molecule has 0 spiro atoms. The van der Waals surface area contributed by atoms with Crippen LogP contribution in [-0.2, 0) is 19.5 Å². The van der Waals surface area contributed by atoms with Gasteiger partial charge in [0.25, 0.3) is 0 Å². The summed E-state index contributed by atoms with van der Waals surface area (Å²) in [4.78, 5) is 13.8. The van der Waals surface area contributed by atoms with Crippen molar-refractivity contribution < 1.29 is 0 Å². The maximum Gasteiger partial charge on any atom is 0.171 e. The molecule has 3 aromatic heterocycles. The van der Waals surface area contributed by atoms with E-state index in [1.54, 1.807) is 0 Å². The van der Waals surface area contributed by atoms with Crippen molar-refractivity contribution in [1.82, 2.24) is 33.9 Å². The van der Waals surface area contributed by atoms with Crippen molar-refractivity contribution in [1.29, 1.82) is 0 Å². The second kappa shape index (κ2) is 7.18. The van der Waals surface area contributed by atoms with Gasteiger partial charge < -0.3 is 9.13 Å². The highest BCUT2D eigenvalue weighted by Gasteiger charge is 2.24. The zero-order valence-electron chi connectivity index (χ0n) is 15.5. The SMILES string of the molecule is CCc1nccn1Cc1nc2n(n1)Cc1c(C)ncn1-c1ccc(Br)cc1-2.Cl. The van der Waals surface area contributed by atoms with Crippen LogP contribution in [0.3, 0.4) is 0 Å². The third-order valence-corrected chi connectivity index (χ3v) is 5.47. The number of rotatable bonds is 3. The molecule has 144 valence electrons. The first kappa shape index (κ1) is 18.9. The summed E-state index contributed by atoms with van der Waals surface area (Å²) in [6.07, 6.45) is 6.57. The van der Waals surface area contributed by atoms with Crippen LogP contribution < -0.4 is 0 Å². The molecule has 0 fully saturated rings. The van der Waals surface area contributed by atoms with Crippen LogP contribution in [0.4, 0.5) is 0 Å². The standard InChI is InChI=1S/C19H18BrN7.ClH/c1-3-18-21-6-7-25(18)10-17-23-19-14-8-13(20)4-5-15(14)26-11-22-12(2)16(26)9-27(19)24-17;/h4-8,11H,3,9-10H2,1-2H3;1H. The Bertz CT molecular complexity index is 1160. The molecule has 28 heavy (non-hydrogen) atoms. The average Bonchev–Trinajstić information content (AvgIpc) is 3.34. The molecule has 0 saturated heterocycles. The van der Waals surface area contributed by atoms with E-state index in [0.717, 1.165) is 51.0 Å². The van der Waals surface area contributed by atoms with Crippen molar-refractivity contribution in [3.63, 3.8) is 0 Å². The van der Waals surface area contributed by atoms with Crippen LogP contribution in [-0.4, -0.2) is 33.9 Å². The Hall–Kier alpha value is -2.45. The van der Waals surface area contributed by atoms with Gasteiger partial charge in [0.15, 0.2) is 11.6 Å². The molecule has 5 rings (SSSR count). The van der Waals surface area contributed by atoms with Gasteiger partial charge in [-0.25, -0.2) is 19.6 Å². The van der Waals surface area contributed by atoms with E-state index in [4.69, 9.17) is 10.1 Å². The molecule has 1 aliphatic rings. The highest BCUT2D eigenvalue weighted by Crippen LogP contribution is 2.33. The van der Waals surface area contributed by atoms with Gasteiger partial charge in [0.2, 0.25) is 0 Å².